The number of piperazine rings is 1. The summed E-state index contributed by atoms with van der Waals surface area (Å²) in [5, 5.41) is 3.08. The van der Waals surface area contributed by atoms with E-state index in [0.29, 0.717) is 18.9 Å². The van der Waals surface area contributed by atoms with Crippen molar-refractivity contribution in [1.29, 1.82) is 0 Å². The van der Waals surface area contributed by atoms with Gasteiger partial charge in [0.05, 0.1) is 0 Å². The zero-order valence-electron chi connectivity index (χ0n) is 13.4. The number of thiazole rings is 1. The Morgan fingerprint density at radius 2 is 2.13 bits per heavy atom. The van der Waals surface area contributed by atoms with E-state index in [0.717, 1.165) is 57.2 Å². The van der Waals surface area contributed by atoms with Crippen molar-refractivity contribution in [2.24, 2.45) is 10.7 Å². The Balaban J connectivity index is 1.38. The molecule has 0 atom stereocenters. The molecule has 1 aromatic heterocycles. The molecule has 0 radical (unpaired) electrons. The molecule has 1 amide bonds. The van der Waals surface area contributed by atoms with E-state index in [1.54, 1.807) is 11.3 Å². The van der Waals surface area contributed by atoms with Crippen LogP contribution in [0.3, 0.4) is 0 Å². The molecule has 2 aliphatic rings. The molecule has 3 heterocycles. The van der Waals surface area contributed by atoms with Gasteiger partial charge in [0.25, 0.3) is 0 Å². The summed E-state index contributed by atoms with van der Waals surface area (Å²) >= 11 is 1.67. The Labute approximate surface area is 140 Å². The second kappa shape index (κ2) is 7.63. The summed E-state index contributed by atoms with van der Waals surface area (Å²) in [4.78, 5) is 26.7. The number of carbonyl (C=O) groups excluding carboxylic acids is 1. The molecule has 23 heavy (non-hydrogen) atoms. The van der Waals surface area contributed by atoms with Crippen LogP contribution in [0.4, 0.5) is 5.13 Å². The minimum Gasteiger partial charge on any atom is -0.370 e. The monoisotopic (exact) mass is 336 g/mol. The molecule has 3 rings (SSSR count). The summed E-state index contributed by atoms with van der Waals surface area (Å²) in [6, 6.07) is 0. The van der Waals surface area contributed by atoms with Crippen molar-refractivity contribution in [3.8, 4) is 0 Å². The maximum absolute atomic E-state index is 11.5. The smallest absolute Gasteiger partial charge is 0.222 e. The van der Waals surface area contributed by atoms with Gasteiger partial charge in [-0.1, -0.05) is 0 Å². The van der Waals surface area contributed by atoms with Crippen molar-refractivity contribution in [3.63, 3.8) is 0 Å². The minimum atomic E-state index is 0.278. The normalized spacial score (nSPS) is 19.7. The number of anilines is 1. The lowest BCUT2D eigenvalue weighted by atomic mass is 10.3. The van der Waals surface area contributed by atoms with Gasteiger partial charge in [-0.05, 0) is 12.8 Å². The fourth-order valence-electron chi connectivity index (χ4n) is 2.99. The third kappa shape index (κ3) is 4.13. The molecule has 0 spiro atoms. The maximum Gasteiger partial charge on any atom is 0.222 e. The van der Waals surface area contributed by atoms with Gasteiger partial charge in [-0.2, -0.15) is 0 Å². The molecule has 0 unspecified atom stereocenters. The first-order valence-electron chi connectivity index (χ1n) is 8.21. The number of aliphatic imine (C=N–C) groups is 1. The average Bonchev–Trinajstić information content (AvgIpc) is 3.23. The summed E-state index contributed by atoms with van der Waals surface area (Å²) < 4.78 is 0. The van der Waals surface area contributed by atoms with Crippen molar-refractivity contribution in [2.75, 3.05) is 50.7 Å². The fraction of sp³-hybridized carbons (Fsp3) is 0.667. The predicted molar refractivity (Wildman–Crippen MR) is 92.8 cm³/mol. The number of rotatable bonds is 5. The van der Waals surface area contributed by atoms with Crippen LogP contribution >= 0.6 is 11.3 Å². The third-order valence-corrected chi connectivity index (χ3v) is 5.16. The lowest BCUT2D eigenvalue weighted by Gasteiger charge is -2.35. The van der Waals surface area contributed by atoms with Gasteiger partial charge in [-0.3, -0.25) is 9.79 Å². The first-order chi connectivity index (χ1) is 11.2. The van der Waals surface area contributed by atoms with Crippen molar-refractivity contribution < 1.29 is 4.79 Å². The molecule has 0 saturated carbocycles. The quantitative estimate of drug-likeness (QED) is 0.484. The van der Waals surface area contributed by atoms with E-state index in [1.165, 1.54) is 0 Å². The van der Waals surface area contributed by atoms with E-state index in [4.69, 9.17) is 5.73 Å². The van der Waals surface area contributed by atoms with Gasteiger partial charge in [-0.25, -0.2) is 4.98 Å². The molecular formula is C15H24N6OS. The molecule has 0 aliphatic carbocycles. The highest BCUT2D eigenvalue weighted by Crippen LogP contribution is 2.18. The van der Waals surface area contributed by atoms with Crippen LogP contribution in [0.25, 0.3) is 0 Å². The number of guanidine groups is 1. The third-order valence-electron chi connectivity index (χ3n) is 4.32. The van der Waals surface area contributed by atoms with Crippen molar-refractivity contribution >= 4 is 28.3 Å². The molecular weight excluding hydrogens is 312 g/mol. The van der Waals surface area contributed by atoms with Gasteiger partial charge >= 0.3 is 0 Å². The number of aromatic nitrogens is 1. The SMILES string of the molecule is NC(=NCCCN1CCCC1=O)N1CCN(c2nccs2)CC1. The molecule has 2 saturated heterocycles. The zero-order valence-corrected chi connectivity index (χ0v) is 14.2. The second-order valence-corrected chi connectivity index (χ2v) is 6.74. The Morgan fingerprint density at radius 3 is 2.78 bits per heavy atom. The minimum absolute atomic E-state index is 0.278. The molecule has 0 bridgehead atoms. The first kappa shape index (κ1) is 16.0. The van der Waals surface area contributed by atoms with Gasteiger partial charge < -0.3 is 20.4 Å². The van der Waals surface area contributed by atoms with Crippen LogP contribution in [0.5, 0.6) is 0 Å². The van der Waals surface area contributed by atoms with Crippen molar-refractivity contribution in [3.05, 3.63) is 11.6 Å². The predicted octanol–water partition coefficient (Wildman–Crippen LogP) is 0.592. The summed E-state index contributed by atoms with van der Waals surface area (Å²) in [6.07, 6.45) is 4.42. The highest BCUT2D eigenvalue weighted by molar-refractivity contribution is 7.13. The van der Waals surface area contributed by atoms with Gasteiger partial charge in [0.2, 0.25) is 5.91 Å². The van der Waals surface area contributed by atoms with Crippen LogP contribution in [-0.4, -0.2) is 72.5 Å². The standard InChI is InChI=1S/C15H24N6OS/c16-14(17-4-2-7-19-6-1-3-13(19)22)20-8-10-21(11-9-20)15-18-5-12-23-15/h5,12H,1-4,6-11H2,(H2,16,17). The highest BCUT2D eigenvalue weighted by Gasteiger charge is 2.20. The number of carbonyl (C=O) groups is 1. The molecule has 2 N–H and O–H groups in total. The molecule has 0 aromatic carbocycles. The van der Waals surface area contributed by atoms with E-state index in [-0.39, 0.29) is 5.91 Å². The second-order valence-electron chi connectivity index (χ2n) is 5.87. The Morgan fingerprint density at radius 1 is 1.30 bits per heavy atom. The summed E-state index contributed by atoms with van der Waals surface area (Å²) in [5.41, 5.74) is 6.10. The van der Waals surface area contributed by atoms with E-state index >= 15 is 0 Å². The zero-order chi connectivity index (χ0) is 16.1. The molecule has 7 nitrogen and oxygen atoms in total. The fourth-order valence-corrected chi connectivity index (χ4v) is 3.69. The van der Waals surface area contributed by atoms with E-state index in [2.05, 4.69) is 19.8 Å². The number of nitrogens with two attached hydrogens (primary N) is 1. The van der Waals surface area contributed by atoms with Gasteiger partial charge in [0.15, 0.2) is 11.1 Å². The van der Waals surface area contributed by atoms with Gasteiger partial charge in [-0.15, -0.1) is 11.3 Å². The van der Waals surface area contributed by atoms with Gasteiger partial charge in [0.1, 0.15) is 0 Å². The Hall–Kier alpha value is -1.83. The topological polar surface area (TPSA) is 78.1 Å². The lowest BCUT2D eigenvalue weighted by Crippen LogP contribution is -2.51. The Kier molecular flexibility index (Phi) is 5.32. The van der Waals surface area contributed by atoms with Crippen LogP contribution in [0.15, 0.2) is 16.6 Å². The number of amides is 1. The van der Waals surface area contributed by atoms with Crippen LogP contribution in [0.2, 0.25) is 0 Å². The van der Waals surface area contributed by atoms with Crippen molar-refractivity contribution in [1.82, 2.24) is 14.8 Å². The largest absolute Gasteiger partial charge is 0.370 e. The molecule has 2 fully saturated rings. The van der Waals surface area contributed by atoms with Crippen molar-refractivity contribution in [2.45, 2.75) is 19.3 Å². The maximum atomic E-state index is 11.5. The summed E-state index contributed by atoms with van der Waals surface area (Å²) in [5.74, 6) is 0.900. The number of hydrogen-bond acceptors (Lipinski definition) is 5. The molecule has 2 aliphatic heterocycles. The van der Waals surface area contributed by atoms with Crippen LogP contribution in [0, 0.1) is 0 Å². The number of likely N-dealkylation sites (tertiary alicyclic amines) is 1. The van der Waals surface area contributed by atoms with Crippen LogP contribution in [-0.2, 0) is 4.79 Å². The van der Waals surface area contributed by atoms with E-state index < -0.39 is 0 Å². The molecule has 8 heteroatoms. The van der Waals surface area contributed by atoms with E-state index in [1.807, 2.05) is 16.5 Å². The Bertz CT molecular complexity index is 538. The summed E-state index contributed by atoms with van der Waals surface area (Å²) in [7, 11) is 0. The lowest BCUT2D eigenvalue weighted by molar-refractivity contribution is -0.127. The average molecular weight is 336 g/mol. The highest BCUT2D eigenvalue weighted by atomic mass is 32.1. The number of nitrogens with zero attached hydrogens (tertiary/aromatic N) is 5. The van der Waals surface area contributed by atoms with Crippen LogP contribution in [0.1, 0.15) is 19.3 Å². The number of hydrogen-bond donors (Lipinski definition) is 1. The molecule has 126 valence electrons. The van der Waals surface area contributed by atoms with E-state index in [9.17, 15) is 4.79 Å². The molecule has 1 aromatic rings. The first-order valence-corrected chi connectivity index (χ1v) is 9.09. The van der Waals surface area contributed by atoms with Crippen LogP contribution < -0.4 is 10.6 Å². The summed E-state index contributed by atoms with van der Waals surface area (Å²) in [6.45, 7) is 5.98. The van der Waals surface area contributed by atoms with Gasteiger partial charge in [0, 0.05) is 63.8 Å².